The fourth-order valence-corrected chi connectivity index (χ4v) is 4.16. The van der Waals surface area contributed by atoms with Gasteiger partial charge < -0.3 is 9.80 Å². The maximum atomic E-state index is 12.6. The molecule has 0 spiro atoms. The number of hydrogen-bond acceptors (Lipinski definition) is 3. The highest BCUT2D eigenvalue weighted by Gasteiger charge is 2.32. The molecule has 3 nitrogen and oxygen atoms in total. The summed E-state index contributed by atoms with van der Waals surface area (Å²) in [7, 11) is 4.21. The number of carbonyl (C=O) groups excluding carboxylic acids is 1. The van der Waals surface area contributed by atoms with Crippen molar-refractivity contribution < 1.29 is 4.79 Å². The van der Waals surface area contributed by atoms with Crippen molar-refractivity contribution in [2.24, 2.45) is 5.92 Å². The average Bonchev–Trinajstić information content (AvgIpc) is 2.76. The van der Waals surface area contributed by atoms with E-state index in [0.29, 0.717) is 17.9 Å². The summed E-state index contributed by atoms with van der Waals surface area (Å²) in [5, 5.41) is 0. The Balaban J connectivity index is 2.01. The molecule has 1 atom stereocenters. The molecule has 1 aliphatic heterocycles. The number of carbonyl (C=O) groups is 1. The normalized spacial score (nSPS) is 26.6. The van der Waals surface area contributed by atoms with Crippen LogP contribution in [0.15, 0.2) is 0 Å². The Morgan fingerprint density at radius 3 is 2.67 bits per heavy atom. The molecule has 1 saturated heterocycles. The van der Waals surface area contributed by atoms with E-state index in [1.54, 1.807) is 0 Å². The minimum atomic E-state index is 0.331. The standard InChI is InChI=1S/C14H26N2OS/c1-15(2)10-13-11-18-9-5-8-16(13)14(17)12-6-3-4-7-12/h12-13H,3-11H2,1-2H3. The summed E-state index contributed by atoms with van der Waals surface area (Å²) in [6, 6.07) is 0.417. The van der Waals surface area contributed by atoms with Crippen molar-refractivity contribution in [2.75, 3.05) is 38.7 Å². The molecule has 0 radical (unpaired) electrons. The average molecular weight is 270 g/mol. The summed E-state index contributed by atoms with van der Waals surface area (Å²) in [5.41, 5.74) is 0. The van der Waals surface area contributed by atoms with Gasteiger partial charge in [-0.25, -0.2) is 0 Å². The van der Waals surface area contributed by atoms with Crippen LogP contribution in [-0.4, -0.2) is 60.4 Å². The molecule has 4 heteroatoms. The van der Waals surface area contributed by atoms with E-state index >= 15 is 0 Å². The smallest absolute Gasteiger partial charge is 0.226 e. The molecule has 104 valence electrons. The van der Waals surface area contributed by atoms with Gasteiger partial charge in [-0.1, -0.05) is 12.8 Å². The highest BCUT2D eigenvalue weighted by molar-refractivity contribution is 7.99. The Morgan fingerprint density at radius 2 is 2.00 bits per heavy atom. The fraction of sp³-hybridized carbons (Fsp3) is 0.929. The number of hydrogen-bond donors (Lipinski definition) is 0. The highest BCUT2D eigenvalue weighted by atomic mass is 32.2. The number of nitrogens with zero attached hydrogens (tertiary/aromatic N) is 2. The van der Waals surface area contributed by atoms with Gasteiger partial charge in [0.15, 0.2) is 0 Å². The van der Waals surface area contributed by atoms with Crippen LogP contribution in [0.5, 0.6) is 0 Å². The molecule has 1 heterocycles. The van der Waals surface area contributed by atoms with Crippen LogP contribution >= 0.6 is 11.8 Å². The molecule has 0 aromatic heterocycles. The third-order valence-corrected chi connectivity index (χ3v) is 5.20. The predicted octanol–water partition coefficient (Wildman–Crippen LogP) is 2.07. The van der Waals surface area contributed by atoms with Crippen molar-refractivity contribution in [1.82, 2.24) is 9.80 Å². The molecule has 1 saturated carbocycles. The Labute approximate surface area is 115 Å². The predicted molar refractivity (Wildman–Crippen MR) is 78.0 cm³/mol. The number of thioether (sulfide) groups is 1. The first kappa shape index (κ1) is 14.2. The van der Waals surface area contributed by atoms with Crippen LogP contribution in [-0.2, 0) is 4.79 Å². The van der Waals surface area contributed by atoms with Gasteiger partial charge in [-0.05, 0) is 39.1 Å². The first-order chi connectivity index (χ1) is 8.68. The molecule has 1 amide bonds. The van der Waals surface area contributed by atoms with Crippen LogP contribution in [0.2, 0.25) is 0 Å². The van der Waals surface area contributed by atoms with Crippen molar-refractivity contribution >= 4 is 17.7 Å². The minimum Gasteiger partial charge on any atom is -0.337 e. The maximum Gasteiger partial charge on any atom is 0.226 e. The van der Waals surface area contributed by atoms with Gasteiger partial charge in [0.05, 0.1) is 6.04 Å². The lowest BCUT2D eigenvalue weighted by Crippen LogP contribution is -2.48. The summed E-state index contributed by atoms with van der Waals surface area (Å²) in [6.45, 7) is 1.98. The van der Waals surface area contributed by atoms with Gasteiger partial charge in [0.1, 0.15) is 0 Å². The summed E-state index contributed by atoms with van der Waals surface area (Å²) in [5.74, 6) is 3.09. The molecular formula is C14H26N2OS. The van der Waals surface area contributed by atoms with Crippen molar-refractivity contribution in [3.63, 3.8) is 0 Å². The molecule has 2 rings (SSSR count). The van der Waals surface area contributed by atoms with Gasteiger partial charge in [-0.15, -0.1) is 0 Å². The first-order valence-electron chi connectivity index (χ1n) is 7.21. The van der Waals surface area contributed by atoms with Crippen LogP contribution in [0.1, 0.15) is 32.1 Å². The second-order valence-corrected chi connectivity index (χ2v) is 7.01. The Hall–Kier alpha value is -0.220. The summed E-state index contributed by atoms with van der Waals surface area (Å²) in [4.78, 5) is 17.1. The molecule has 2 aliphatic rings. The monoisotopic (exact) mass is 270 g/mol. The van der Waals surface area contributed by atoms with E-state index in [4.69, 9.17) is 0 Å². The Morgan fingerprint density at radius 1 is 1.28 bits per heavy atom. The lowest BCUT2D eigenvalue weighted by atomic mass is 10.1. The number of likely N-dealkylation sites (N-methyl/N-ethyl adjacent to an activating group) is 1. The Bertz CT molecular complexity index is 277. The first-order valence-corrected chi connectivity index (χ1v) is 8.37. The lowest BCUT2D eigenvalue weighted by Gasteiger charge is -2.33. The zero-order valence-electron chi connectivity index (χ0n) is 11.7. The van der Waals surface area contributed by atoms with Gasteiger partial charge in [-0.3, -0.25) is 4.79 Å². The largest absolute Gasteiger partial charge is 0.337 e. The van der Waals surface area contributed by atoms with Gasteiger partial charge in [-0.2, -0.15) is 11.8 Å². The lowest BCUT2D eigenvalue weighted by molar-refractivity contribution is -0.137. The molecule has 2 fully saturated rings. The van der Waals surface area contributed by atoms with Gasteiger partial charge >= 0.3 is 0 Å². The molecular weight excluding hydrogens is 244 g/mol. The van der Waals surface area contributed by atoms with Crippen molar-refractivity contribution in [1.29, 1.82) is 0 Å². The maximum absolute atomic E-state index is 12.6. The second kappa shape index (κ2) is 6.80. The quantitative estimate of drug-likeness (QED) is 0.784. The van der Waals surface area contributed by atoms with E-state index in [9.17, 15) is 4.79 Å². The number of rotatable bonds is 3. The molecule has 1 unspecified atom stereocenters. The molecule has 0 bridgehead atoms. The van der Waals surface area contributed by atoms with Gasteiger partial charge in [0.2, 0.25) is 5.91 Å². The SMILES string of the molecule is CN(C)CC1CSCCCN1C(=O)C1CCCC1. The van der Waals surface area contributed by atoms with Crippen LogP contribution in [0.25, 0.3) is 0 Å². The topological polar surface area (TPSA) is 23.6 Å². The van der Waals surface area contributed by atoms with Crippen LogP contribution in [0.3, 0.4) is 0 Å². The van der Waals surface area contributed by atoms with Crippen LogP contribution in [0, 0.1) is 5.92 Å². The summed E-state index contributed by atoms with van der Waals surface area (Å²) in [6.07, 6.45) is 5.90. The molecule has 0 aromatic rings. The zero-order chi connectivity index (χ0) is 13.0. The van der Waals surface area contributed by atoms with E-state index in [0.717, 1.165) is 38.1 Å². The van der Waals surface area contributed by atoms with E-state index in [-0.39, 0.29) is 0 Å². The fourth-order valence-electron chi connectivity index (χ4n) is 3.10. The summed E-state index contributed by atoms with van der Waals surface area (Å²) >= 11 is 2.01. The van der Waals surface area contributed by atoms with Crippen molar-refractivity contribution in [3.05, 3.63) is 0 Å². The highest BCUT2D eigenvalue weighted by Crippen LogP contribution is 2.28. The summed E-state index contributed by atoms with van der Waals surface area (Å²) < 4.78 is 0. The van der Waals surface area contributed by atoms with E-state index in [1.807, 2.05) is 11.8 Å². The molecule has 0 aromatic carbocycles. The molecule has 1 aliphatic carbocycles. The van der Waals surface area contributed by atoms with Gasteiger partial charge in [0, 0.05) is 24.8 Å². The Kier molecular flexibility index (Phi) is 5.37. The molecule has 18 heavy (non-hydrogen) atoms. The third-order valence-electron chi connectivity index (χ3n) is 4.00. The van der Waals surface area contributed by atoms with E-state index in [1.165, 1.54) is 18.6 Å². The van der Waals surface area contributed by atoms with Crippen LogP contribution < -0.4 is 0 Å². The zero-order valence-corrected chi connectivity index (χ0v) is 12.5. The van der Waals surface area contributed by atoms with E-state index in [2.05, 4.69) is 23.9 Å². The third kappa shape index (κ3) is 3.64. The van der Waals surface area contributed by atoms with Gasteiger partial charge in [0.25, 0.3) is 0 Å². The minimum absolute atomic E-state index is 0.331. The number of amides is 1. The van der Waals surface area contributed by atoms with Crippen molar-refractivity contribution in [2.45, 2.75) is 38.1 Å². The van der Waals surface area contributed by atoms with Crippen molar-refractivity contribution in [3.8, 4) is 0 Å². The van der Waals surface area contributed by atoms with E-state index < -0.39 is 0 Å². The van der Waals surface area contributed by atoms with Crippen LogP contribution in [0.4, 0.5) is 0 Å². The second-order valence-electron chi connectivity index (χ2n) is 5.86. The molecule has 0 N–H and O–H groups in total.